The molecule has 0 amide bonds. The van der Waals surface area contributed by atoms with Crippen LogP contribution in [0, 0.1) is 23.7 Å². The predicted octanol–water partition coefficient (Wildman–Crippen LogP) is 2.83. The zero-order chi connectivity index (χ0) is 11.7. The van der Waals surface area contributed by atoms with Crippen molar-refractivity contribution in [3.05, 3.63) is 0 Å². The lowest BCUT2D eigenvalue weighted by Crippen LogP contribution is -2.43. The number of rotatable bonds is 5. The van der Waals surface area contributed by atoms with Gasteiger partial charge in [-0.15, -0.1) is 0 Å². The van der Waals surface area contributed by atoms with Gasteiger partial charge in [-0.3, -0.25) is 0 Å². The van der Waals surface area contributed by atoms with Crippen molar-refractivity contribution < 1.29 is 4.74 Å². The Morgan fingerprint density at radius 1 is 1.18 bits per heavy atom. The van der Waals surface area contributed by atoms with Gasteiger partial charge in [0.05, 0.1) is 6.61 Å². The van der Waals surface area contributed by atoms with E-state index in [1.807, 2.05) is 0 Å². The van der Waals surface area contributed by atoms with Gasteiger partial charge < -0.3 is 10.1 Å². The molecule has 2 saturated carbocycles. The minimum Gasteiger partial charge on any atom is -0.381 e. The van der Waals surface area contributed by atoms with E-state index in [0.29, 0.717) is 0 Å². The maximum absolute atomic E-state index is 5.70. The summed E-state index contributed by atoms with van der Waals surface area (Å²) in [6.45, 7) is 5.47. The number of hydrogen-bond acceptors (Lipinski definition) is 2. The number of ether oxygens (including phenoxy) is 1. The van der Waals surface area contributed by atoms with Gasteiger partial charge in [0.1, 0.15) is 0 Å². The quantitative estimate of drug-likeness (QED) is 0.794. The van der Waals surface area contributed by atoms with Gasteiger partial charge in [-0.2, -0.15) is 0 Å². The molecular formula is C15H27NO. The van der Waals surface area contributed by atoms with Gasteiger partial charge in [0.25, 0.3) is 0 Å². The Labute approximate surface area is 105 Å². The fraction of sp³-hybridized carbons (Fsp3) is 1.00. The molecule has 0 aromatic heterocycles. The summed E-state index contributed by atoms with van der Waals surface area (Å²) < 4.78 is 5.70. The largest absolute Gasteiger partial charge is 0.381 e. The van der Waals surface area contributed by atoms with E-state index in [9.17, 15) is 0 Å². The summed E-state index contributed by atoms with van der Waals surface area (Å²) in [4.78, 5) is 0. The van der Waals surface area contributed by atoms with Crippen LogP contribution >= 0.6 is 0 Å². The van der Waals surface area contributed by atoms with E-state index in [1.165, 1.54) is 45.1 Å². The lowest BCUT2D eigenvalue weighted by Gasteiger charge is -2.32. The fourth-order valence-corrected chi connectivity index (χ4v) is 4.39. The van der Waals surface area contributed by atoms with E-state index in [2.05, 4.69) is 12.2 Å². The zero-order valence-electron chi connectivity index (χ0n) is 11.2. The molecule has 3 aliphatic rings. The second-order valence-electron chi connectivity index (χ2n) is 6.29. The van der Waals surface area contributed by atoms with Crippen LogP contribution in [0.2, 0.25) is 0 Å². The van der Waals surface area contributed by atoms with Gasteiger partial charge in [-0.1, -0.05) is 13.3 Å². The molecule has 98 valence electrons. The molecule has 2 aliphatic carbocycles. The third-order valence-electron chi connectivity index (χ3n) is 5.22. The van der Waals surface area contributed by atoms with Crippen molar-refractivity contribution in [3.63, 3.8) is 0 Å². The van der Waals surface area contributed by atoms with Crippen LogP contribution in [0.25, 0.3) is 0 Å². The minimum absolute atomic E-state index is 0.769. The molecule has 2 heteroatoms. The smallest absolute Gasteiger partial charge is 0.0509 e. The average Bonchev–Trinajstić information content (AvgIpc) is 2.85. The molecule has 1 heterocycles. The van der Waals surface area contributed by atoms with Crippen LogP contribution in [-0.2, 0) is 4.74 Å². The highest BCUT2D eigenvalue weighted by molar-refractivity contribution is 5.07. The summed E-state index contributed by atoms with van der Waals surface area (Å²) >= 11 is 0. The third-order valence-corrected chi connectivity index (χ3v) is 5.22. The van der Waals surface area contributed by atoms with Crippen molar-refractivity contribution >= 4 is 0 Å². The van der Waals surface area contributed by atoms with Crippen molar-refractivity contribution in [1.82, 2.24) is 5.32 Å². The molecule has 3 rings (SSSR count). The fourth-order valence-electron chi connectivity index (χ4n) is 4.39. The zero-order valence-corrected chi connectivity index (χ0v) is 11.2. The third kappa shape index (κ3) is 2.39. The second-order valence-corrected chi connectivity index (χ2v) is 6.29. The molecule has 1 N–H and O–H groups in total. The highest BCUT2D eigenvalue weighted by Gasteiger charge is 2.56. The van der Waals surface area contributed by atoms with E-state index in [1.54, 1.807) is 0 Å². The SMILES string of the molecule is CCCNC(C1CCCOC1)C1C2CCCC21. The Kier molecular flexibility index (Phi) is 3.72. The van der Waals surface area contributed by atoms with Crippen LogP contribution in [0.5, 0.6) is 0 Å². The van der Waals surface area contributed by atoms with Gasteiger partial charge in [0, 0.05) is 12.6 Å². The molecule has 4 unspecified atom stereocenters. The highest BCUT2D eigenvalue weighted by atomic mass is 16.5. The second kappa shape index (κ2) is 5.27. The van der Waals surface area contributed by atoms with Crippen molar-refractivity contribution in [1.29, 1.82) is 0 Å². The summed E-state index contributed by atoms with van der Waals surface area (Å²) in [5.74, 6) is 3.95. The van der Waals surface area contributed by atoms with E-state index < -0.39 is 0 Å². The Hall–Kier alpha value is -0.0800. The van der Waals surface area contributed by atoms with Crippen molar-refractivity contribution in [2.75, 3.05) is 19.8 Å². The van der Waals surface area contributed by atoms with E-state index in [4.69, 9.17) is 4.74 Å². The maximum atomic E-state index is 5.70. The molecule has 0 aromatic rings. The van der Waals surface area contributed by atoms with Gasteiger partial charge in [-0.05, 0) is 62.3 Å². The van der Waals surface area contributed by atoms with Gasteiger partial charge in [0.2, 0.25) is 0 Å². The average molecular weight is 237 g/mol. The summed E-state index contributed by atoms with van der Waals surface area (Å²) in [5.41, 5.74) is 0. The first kappa shape index (κ1) is 12.0. The van der Waals surface area contributed by atoms with Crippen LogP contribution in [0.15, 0.2) is 0 Å². The van der Waals surface area contributed by atoms with Crippen LogP contribution in [0.3, 0.4) is 0 Å². The number of hydrogen-bond donors (Lipinski definition) is 1. The number of fused-ring (bicyclic) bond motifs is 1. The summed E-state index contributed by atoms with van der Waals surface area (Å²) in [7, 11) is 0. The lowest BCUT2D eigenvalue weighted by atomic mass is 9.87. The van der Waals surface area contributed by atoms with Crippen LogP contribution in [0.1, 0.15) is 45.4 Å². The standard InChI is InChI=1S/C15H27NO/c1-2-8-16-15(11-5-4-9-17-10-11)14-12-6-3-7-13(12)14/h11-16H,2-10H2,1H3. The van der Waals surface area contributed by atoms with Crippen LogP contribution < -0.4 is 5.32 Å². The molecule has 0 radical (unpaired) electrons. The first-order valence-corrected chi connectivity index (χ1v) is 7.73. The monoisotopic (exact) mass is 237 g/mol. The molecule has 4 atom stereocenters. The molecular weight excluding hydrogens is 210 g/mol. The molecule has 0 bridgehead atoms. The van der Waals surface area contributed by atoms with Crippen molar-refractivity contribution in [3.8, 4) is 0 Å². The summed E-state index contributed by atoms with van der Waals surface area (Å²) in [6, 6.07) is 0.769. The predicted molar refractivity (Wildman–Crippen MR) is 69.9 cm³/mol. The maximum Gasteiger partial charge on any atom is 0.0509 e. The lowest BCUT2D eigenvalue weighted by molar-refractivity contribution is 0.0335. The normalized spacial score (nSPS) is 42.2. The number of nitrogens with one attached hydrogen (secondary N) is 1. The molecule has 0 spiro atoms. The molecule has 3 fully saturated rings. The van der Waals surface area contributed by atoms with Crippen LogP contribution in [0.4, 0.5) is 0 Å². The topological polar surface area (TPSA) is 21.3 Å². The van der Waals surface area contributed by atoms with E-state index in [-0.39, 0.29) is 0 Å². The minimum atomic E-state index is 0.769. The van der Waals surface area contributed by atoms with Gasteiger partial charge >= 0.3 is 0 Å². The molecule has 1 aliphatic heterocycles. The Morgan fingerprint density at radius 2 is 2.00 bits per heavy atom. The Bertz CT molecular complexity index is 237. The Morgan fingerprint density at radius 3 is 2.65 bits per heavy atom. The first-order chi connectivity index (χ1) is 8.42. The van der Waals surface area contributed by atoms with Gasteiger partial charge in [0.15, 0.2) is 0 Å². The first-order valence-electron chi connectivity index (χ1n) is 7.73. The van der Waals surface area contributed by atoms with Crippen LogP contribution in [-0.4, -0.2) is 25.8 Å². The molecule has 0 aromatic carbocycles. The van der Waals surface area contributed by atoms with Gasteiger partial charge in [-0.25, -0.2) is 0 Å². The van der Waals surface area contributed by atoms with E-state index in [0.717, 1.165) is 42.9 Å². The molecule has 17 heavy (non-hydrogen) atoms. The Balaban J connectivity index is 1.60. The van der Waals surface area contributed by atoms with Crippen molar-refractivity contribution in [2.24, 2.45) is 23.7 Å². The molecule has 2 nitrogen and oxygen atoms in total. The summed E-state index contributed by atoms with van der Waals surface area (Å²) in [5, 5.41) is 3.85. The van der Waals surface area contributed by atoms with Crippen molar-refractivity contribution in [2.45, 2.75) is 51.5 Å². The summed E-state index contributed by atoms with van der Waals surface area (Å²) in [6.07, 6.45) is 8.43. The van der Waals surface area contributed by atoms with E-state index >= 15 is 0 Å². The highest BCUT2D eigenvalue weighted by Crippen LogP contribution is 2.60. The molecule has 1 saturated heterocycles.